The highest BCUT2D eigenvalue weighted by atomic mass is 35.5. The Balaban J connectivity index is 1.45. The molecule has 4 atom stereocenters. The second-order valence-corrected chi connectivity index (χ2v) is 8.24. The number of halogens is 1. The van der Waals surface area contributed by atoms with E-state index in [1.807, 2.05) is 30.3 Å². The van der Waals surface area contributed by atoms with Crippen molar-refractivity contribution < 1.29 is 24.4 Å². The highest BCUT2D eigenvalue weighted by Gasteiger charge is 2.29. The van der Waals surface area contributed by atoms with E-state index in [9.17, 15) is 10.2 Å². The van der Waals surface area contributed by atoms with E-state index in [-0.39, 0.29) is 24.9 Å². The SMILES string of the molecule is OC[C@@H]1C[C@H](O)C[C@H](c2ccc(Cl)c(Cc3ccc(OC4CCOC4)cc3)c2)O1. The molecule has 29 heavy (non-hydrogen) atoms. The highest BCUT2D eigenvalue weighted by Crippen LogP contribution is 2.34. The van der Waals surface area contributed by atoms with Crippen molar-refractivity contribution in [2.45, 2.75) is 50.1 Å². The molecule has 2 aliphatic rings. The molecule has 0 bridgehead atoms. The Hall–Kier alpha value is -1.63. The quantitative estimate of drug-likeness (QED) is 0.749. The van der Waals surface area contributed by atoms with E-state index in [0.29, 0.717) is 30.9 Å². The van der Waals surface area contributed by atoms with Gasteiger partial charge in [0.2, 0.25) is 0 Å². The van der Waals surface area contributed by atoms with Crippen LogP contribution in [0.5, 0.6) is 5.75 Å². The highest BCUT2D eigenvalue weighted by molar-refractivity contribution is 6.31. The van der Waals surface area contributed by atoms with Crippen molar-refractivity contribution >= 4 is 11.6 Å². The Kier molecular flexibility index (Phi) is 6.73. The van der Waals surface area contributed by atoms with Gasteiger partial charge in [0.25, 0.3) is 0 Å². The van der Waals surface area contributed by atoms with Crippen molar-refractivity contribution in [3.63, 3.8) is 0 Å². The van der Waals surface area contributed by atoms with Gasteiger partial charge in [0, 0.05) is 24.3 Å². The maximum atomic E-state index is 10.1. The topological polar surface area (TPSA) is 68.2 Å². The van der Waals surface area contributed by atoms with Gasteiger partial charge in [0.05, 0.1) is 38.1 Å². The molecule has 2 aromatic rings. The first kappa shape index (κ1) is 20.6. The largest absolute Gasteiger partial charge is 0.488 e. The van der Waals surface area contributed by atoms with Crippen molar-refractivity contribution in [3.05, 3.63) is 64.2 Å². The number of ether oxygens (including phenoxy) is 3. The van der Waals surface area contributed by atoms with Crippen molar-refractivity contribution in [2.75, 3.05) is 19.8 Å². The van der Waals surface area contributed by atoms with Crippen LogP contribution in [0.4, 0.5) is 0 Å². The number of rotatable bonds is 6. The van der Waals surface area contributed by atoms with Gasteiger partial charge in [-0.2, -0.15) is 0 Å². The first-order valence-electron chi connectivity index (χ1n) is 10.2. The smallest absolute Gasteiger partial charge is 0.124 e. The molecule has 0 aliphatic carbocycles. The molecule has 156 valence electrons. The summed E-state index contributed by atoms with van der Waals surface area (Å²) in [6, 6.07) is 13.9. The summed E-state index contributed by atoms with van der Waals surface area (Å²) in [5, 5.41) is 20.2. The van der Waals surface area contributed by atoms with Crippen LogP contribution in [0, 0.1) is 0 Å². The molecule has 1 unspecified atom stereocenters. The Morgan fingerprint density at radius 1 is 1.10 bits per heavy atom. The molecule has 2 heterocycles. The molecular formula is C23H27ClO5. The van der Waals surface area contributed by atoms with Gasteiger partial charge in [-0.25, -0.2) is 0 Å². The zero-order chi connectivity index (χ0) is 20.2. The fourth-order valence-corrected chi connectivity index (χ4v) is 4.14. The minimum atomic E-state index is -0.470. The van der Waals surface area contributed by atoms with E-state index in [1.54, 1.807) is 0 Å². The molecule has 2 aliphatic heterocycles. The van der Waals surface area contributed by atoms with Gasteiger partial charge in [-0.3, -0.25) is 0 Å². The van der Waals surface area contributed by atoms with Crippen molar-refractivity contribution in [1.29, 1.82) is 0 Å². The fourth-order valence-electron chi connectivity index (χ4n) is 3.96. The number of hydrogen-bond donors (Lipinski definition) is 2. The lowest BCUT2D eigenvalue weighted by Crippen LogP contribution is -2.33. The molecule has 2 saturated heterocycles. The minimum Gasteiger partial charge on any atom is -0.488 e. The van der Waals surface area contributed by atoms with Crippen molar-refractivity contribution in [2.24, 2.45) is 0 Å². The normalized spacial score (nSPS) is 27.1. The summed E-state index contributed by atoms with van der Waals surface area (Å²) in [6.45, 7) is 1.33. The molecule has 4 rings (SSSR count). The van der Waals surface area contributed by atoms with Crippen LogP contribution >= 0.6 is 11.6 Å². The van der Waals surface area contributed by atoms with Gasteiger partial charge in [-0.05, 0) is 41.3 Å². The summed E-state index contributed by atoms with van der Waals surface area (Å²) in [5.74, 6) is 0.851. The molecule has 2 N–H and O–H groups in total. The van der Waals surface area contributed by atoms with Gasteiger partial charge in [0.15, 0.2) is 0 Å². The van der Waals surface area contributed by atoms with Crippen LogP contribution in [0.25, 0.3) is 0 Å². The Morgan fingerprint density at radius 3 is 2.66 bits per heavy atom. The zero-order valence-corrected chi connectivity index (χ0v) is 17.1. The molecular weight excluding hydrogens is 392 g/mol. The van der Waals surface area contributed by atoms with Crippen LogP contribution in [0.2, 0.25) is 5.02 Å². The number of aliphatic hydroxyl groups excluding tert-OH is 2. The molecule has 0 spiro atoms. The molecule has 0 amide bonds. The van der Waals surface area contributed by atoms with Gasteiger partial charge in [-0.1, -0.05) is 35.9 Å². The lowest BCUT2D eigenvalue weighted by Gasteiger charge is -2.32. The summed E-state index contributed by atoms with van der Waals surface area (Å²) in [6.07, 6.45) is 1.71. The third-order valence-electron chi connectivity index (χ3n) is 5.53. The van der Waals surface area contributed by atoms with Gasteiger partial charge in [0.1, 0.15) is 11.9 Å². The summed E-state index contributed by atoms with van der Waals surface area (Å²) >= 11 is 6.45. The average Bonchev–Trinajstić information content (AvgIpc) is 3.23. The second-order valence-electron chi connectivity index (χ2n) is 7.83. The third kappa shape index (κ3) is 5.30. The zero-order valence-electron chi connectivity index (χ0n) is 16.3. The standard InChI is InChI=1S/C23H27ClO5/c24-22-6-3-16(23-12-18(26)11-21(13-25)29-23)10-17(22)9-15-1-4-19(5-2-15)28-20-7-8-27-14-20/h1-6,10,18,20-21,23,25-26H,7-9,11-14H2/t18-,20?,21-,23+/m0/s1. The van der Waals surface area contributed by atoms with Gasteiger partial charge >= 0.3 is 0 Å². The number of aliphatic hydroxyl groups is 2. The maximum Gasteiger partial charge on any atom is 0.124 e. The predicted octanol–water partition coefficient (Wildman–Crippen LogP) is 3.67. The Morgan fingerprint density at radius 2 is 1.93 bits per heavy atom. The molecule has 0 saturated carbocycles. The summed E-state index contributed by atoms with van der Waals surface area (Å²) in [4.78, 5) is 0. The van der Waals surface area contributed by atoms with Crippen LogP contribution in [0.3, 0.4) is 0 Å². The fraction of sp³-hybridized carbons (Fsp3) is 0.478. The van der Waals surface area contributed by atoms with Crippen LogP contribution in [0.15, 0.2) is 42.5 Å². The first-order chi connectivity index (χ1) is 14.1. The van der Waals surface area contributed by atoms with E-state index in [1.165, 1.54) is 0 Å². The minimum absolute atomic E-state index is 0.0879. The van der Waals surface area contributed by atoms with Crippen LogP contribution in [-0.2, 0) is 15.9 Å². The van der Waals surface area contributed by atoms with Crippen LogP contribution in [-0.4, -0.2) is 48.3 Å². The molecule has 0 radical (unpaired) electrons. The summed E-state index contributed by atoms with van der Waals surface area (Å²) < 4.78 is 17.2. The van der Waals surface area contributed by atoms with E-state index in [0.717, 1.165) is 35.5 Å². The lowest BCUT2D eigenvalue weighted by atomic mass is 9.94. The Labute approximate surface area is 176 Å². The van der Waals surface area contributed by atoms with E-state index < -0.39 is 6.10 Å². The lowest BCUT2D eigenvalue weighted by molar-refractivity contribution is -0.113. The monoisotopic (exact) mass is 418 g/mol. The van der Waals surface area contributed by atoms with Crippen LogP contribution < -0.4 is 4.74 Å². The van der Waals surface area contributed by atoms with Gasteiger partial charge in [-0.15, -0.1) is 0 Å². The van der Waals surface area contributed by atoms with Crippen molar-refractivity contribution in [3.8, 4) is 5.75 Å². The van der Waals surface area contributed by atoms with E-state index in [2.05, 4.69) is 12.1 Å². The van der Waals surface area contributed by atoms with Gasteiger partial charge < -0.3 is 24.4 Å². The first-order valence-corrected chi connectivity index (χ1v) is 10.5. The molecule has 6 heteroatoms. The second kappa shape index (κ2) is 9.45. The number of benzene rings is 2. The number of hydrogen-bond acceptors (Lipinski definition) is 5. The van der Waals surface area contributed by atoms with E-state index in [4.69, 9.17) is 25.8 Å². The summed E-state index contributed by atoms with van der Waals surface area (Å²) in [5.41, 5.74) is 3.12. The average molecular weight is 419 g/mol. The predicted molar refractivity (Wildman–Crippen MR) is 110 cm³/mol. The van der Waals surface area contributed by atoms with E-state index >= 15 is 0 Å². The maximum absolute atomic E-state index is 10.1. The Bertz CT molecular complexity index is 803. The molecule has 2 fully saturated rings. The third-order valence-corrected chi connectivity index (χ3v) is 5.90. The summed E-state index contributed by atoms with van der Waals surface area (Å²) in [7, 11) is 0. The molecule has 0 aromatic heterocycles. The molecule has 2 aromatic carbocycles. The van der Waals surface area contributed by atoms with Crippen LogP contribution in [0.1, 0.15) is 42.1 Å². The molecule has 5 nitrogen and oxygen atoms in total. The van der Waals surface area contributed by atoms with Crippen molar-refractivity contribution in [1.82, 2.24) is 0 Å².